The molecule has 2 aromatic carbocycles. The predicted octanol–water partition coefficient (Wildman–Crippen LogP) is 4.61. The highest BCUT2D eigenvalue weighted by atomic mass is 32.2. The lowest BCUT2D eigenvalue weighted by Crippen LogP contribution is -2.43. The standard InChI is InChI=1S/C24H30FNO4S/c1-18(2)17-31(28,29)23-12-14-26(15-13-23)24(27)11-6-19-4-3-5-22(16-19)30-21-9-7-20(25)8-10-21/h3-5,7-10,16,18,23H,6,11-15,17H2,1-2H3. The summed E-state index contributed by atoms with van der Waals surface area (Å²) in [5.41, 5.74) is 0.974. The highest BCUT2D eigenvalue weighted by Crippen LogP contribution is 2.24. The van der Waals surface area contributed by atoms with Crippen molar-refractivity contribution in [3.05, 3.63) is 59.9 Å². The van der Waals surface area contributed by atoms with Gasteiger partial charge < -0.3 is 9.64 Å². The van der Waals surface area contributed by atoms with E-state index in [0.717, 1.165) is 5.56 Å². The molecule has 168 valence electrons. The number of likely N-dealkylation sites (tertiary alicyclic amines) is 1. The molecule has 31 heavy (non-hydrogen) atoms. The number of amides is 1. The van der Waals surface area contributed by atoms with Crippen molar-refractivity contribution in [3.63, 3.8) is 0 Å². The van der Waals surface area contributed by atoms with Crippen LogP contribution >= 0.6 is 0 Å². The summed E-state index contributed by atoms with van der Waals surface area (Å²) in [4.78, 5) is 14.4. The van der Waals surface area contributed by atoms with Crippen LogP contribution in [0.5, 0.6) is 11.5 Å². The molecular weight excluding hydrogens is 417 g/mol. The lowest BCUT2D eigenvalue weighted by atomic mass is 10.1. The quantitative estimate of drug-likeness (QED) is 0.593. The average molecular weight is 448 g/mol. The maximum absolute atomic E-state index is 13.0. The first-order valence-corrected chi connectivity index (χ1v) is 12.5. The van der Waals surface area contributed by atoms with E-state index in [1.807, 2.05) is 38.1 Å². The van der Waals surface area contributed by atoms with Gasteiger partial charge in [0.2, 0.25) is 5.91 Å². The molecule has 0 unspecified atom stereocenters. The molecule has 0 radical (unpaired) electrons. The summed E-state index contributed by atoms with van der Waals surface area (Å²) in [6.07, 6.45) is 1.97. The van der Waals surface area contributed by atoms with Crippen LogP contribution in [0.1, 0.15) is 38.7 Å². The SMILES string of the molecule is CC(C)CS(=O)(=O)C1CCN(C(=O)CCc2cccc(Oc3ccc(F)cc3)c2)CC1. The smallest absolute Gasteiger partial charge is 0.222 e. The number of sulfone groups is 1. The molecule has 0 aliphatic carbocycles. The van der Waals surface area contributed by atoms with Crippen LogP contribution in [0, 0.1) is 11.7 Å². The van der Waals surface area contributed by atoms with Crippen LogP contribution in [-0.4, -0.2) is 43.3 Å². The molecule has 0 spiro atoms. The molecule has 0 atom stereocenters. The van der Waals surface area contributed by atoms with Crippen LogP contribution in [0.2, 0.25) is 0 Å². The molecule has 3 rings (SSSR count). The number of hydrogen-bond acceptors (Lipinski definition) is 4. The predicted molar refractivity (Wildman–Crippen MR) is 119 cm³/mol. The maximum atomic E-state index is 13.0. The van der Waals surface area contributed by atoms with Gasteiger partial charge in [-0.2, -0.15) is 0 Å². The number of benzene rings is 2. The molecule has 0 saturated carbocycles. The van der Waals surface area contributed by atoms with Gasteiger partial charge in [0, 0.05) is 19.5 Å². The number of ether oxygens (including phenoxy) is 1. The molecule has 0 aromatic heterocycles. The third-order valence-electron chi connectivity index (χ3n) is 5.44. The van der Waals surface area contributed by atoms with E-state index in [-0.39, 0.29) is 28.6 Å². The van der Waals surface area contributed by atoms with Crippen molar-refractivity contribution in [2.75, 3.05) is 18.8 Å². The highest BCUT2D eigenvalue weighted by Gasteiger charge is 2.31. The maximum Gasteiger partial charge on any atom is 0.222 e. The van der Waals surface area contributed by atoms with E-state index in [2.05, 4.69) is 0 Å². The number of nitrogens with zero attached hydrogens (tertiary/aromatic N) is 1. The number of piperidine rings is 1. The summed E-state index contributed by atoms with van der Waals surface area (Å²) in [6, 6.07) is 13.3. The summed E-state index contributed by atoms with van der Waals surface area (Å²) < 4.78 is 43.6. The Morgan fingerprint density at radius 2 is 1.77 bits per heavy atom. The van der Waals surface area contributed by atoms with Crippen molar-refractivity contribution in [3.8, 4) is 11.5 Å². The number of rotatable bonds is 8. The second-order valence-corrected chi connectivity index (χ2v) is 10.8. The zero-order valence-corrected chi connectivity index (χ0v) is 18.9. The topological polar surface area (TPSA) is 63.7 Å². The molecule has 2 aromatic rings. The Hall–Kier alpha value is -2.41. The Morgan fingerprint density at radius 1 is 1.10 bits per heavy atom. The highest BCUT2D eigenvalue weighted by molar-refractivity contribution is 7.92. The number of halogens is 1. The van der Waals surface area contributed by atoms with Gasteiger partial charge in [-0.15, -0.1) is 0 Å². The summed E-state index contributed by atoms with van der Waals surface area (Å²) in [5.74, 6) is 1.23. The van der Waals surface area contributed by atoms with Gasteiger partial charge in [-0.1, -0.05) is 26.0 Å². The lowest BCUT2D eigenvalue weighted by Gasteiger charge is -2.32. The first-order valence-electron chi connectivity index (χ1n) is 10.7. The minimum atomic E-state index is -3.09. The van der Waals surface area contributed by atoms with Gasteiger partial charge in [0.15, 0.2) is 9.84 Å². The number of carbonyl (C=O) groups is 1. The number of aryl methyl sites for hydroxylation is 1. The van der Waals surface area contributed by atoms with Crippen LogP contribution in [0.15, 0.2) is 48.5 Å². The third kappa shape index (κ3) is 6.79. The fraction of sp³-hybridized carbons (Fsp3) is 0.458. The van der Waals surface area contributed by atoms with E-state index < -0.39 is 9.84 Å². The first-order chi connectivity index (χ1) is 14.7. The van der Waals surface area contributed by atoms with Crippen LogP contribution in [0.3, 0.4) is 0 Å². The Bertz CT molecular complexity index is 981. The van der Waals surface area contributed by atoms with Crippen LogP contribution < -0.4 is 4.74 Å². The van der Waals surface area contributed by atoms with Crippen LogP contribution in [-0.2, 0) is 21.1 Å². The second kappa shape index (κ2) is 10.3. The Labute approximate surface area is 184 Å². The normalized spacial score (nSPS) is 15.3. The molecule has 5 nitrogen and oxygen atoms in total. The minimum Gasteiger partial charge on any atom is -0.457 e. The van der Waals surface area contributed by atoms with Crippen molar-refractivity contribution in [2.45, 2.75) is 44.8 Å². The van der Waals surface area contributed by atoms with Crippen LogP contribution in [0.25, 0.3) is 0 Å². The first kappa shape index (κ1) is 23.3. The van der Waals surface area contributed by atoms with Crippen molar-refractivity contribution < 1.29 is 22.3 Å². The molecule has 1 aliphatic heterocycles. The minimum absolute atomic E-state index is 0.0459. The van der Waals surface area contributed by atoms with Crippen molar-refractivity contribution in [2.24, 2.45) is 5.92 Å². The van der Waals surface area contributed by atoms with Crippen molar-refractivity contribution in [1.29, 1.82) is 0 Å². The molecule has 0 bridgehead atoms. The zero-order chi connectivity index (χ0) is 22.4. The van der Waals surface area contributed by atoms with Crippen LogP contribution in [0.4, 0.5) is 4.39 Å². The third-order valence-corrected chi connectivity index (χ3v) is 8.06. The van der Waals surface area contributed by atoms with Gasteiger partial charge in [0.1, 0.15) is 17.3 Å². The van der Waals surface area contributed by atoms with E-state index in [0.29, 0.717) is 50.3 Å². The molecule has 0 N–H and O–H groups in total. The Morgan fingerprint density at radius 3 is 2.42 bits per heavy atom. The van der Waals surface area contributed by atoms with Gasteiger partial charge in [-0.3, -0.25) is 4.79 Å². The molecule has 1 aliphatic rings. The van der Waals surface area contributed by atoms with E-state index in [4.69, 9.17) is 4.74 Å². The Kier molecular flexibility index (Phi) is 7.70. The fourth-order valence-corrected chi connectivity index (χ4v) is 6.01. The van der Waals surface area contributed by atoms with Gasteiger partial charge in [0.25, 0.3) is 0 Å². The zero-order valence-electron chi connectivity index (χ0n) is 18.1. The summed E-state index contributed by atoms with van der Waals surface area (Å²) in [5, 5.41) is -0.334. The molecule has 1 fully saturated rings. The number of hydrogen-bond donors (Lipinski definition) is 0. The van der Waals surface area contributed by atoms with E-state index in [1.165, 1.54) is 12.1 Å². The van der Waals surface area contributed by atoms with Gasteiger partial charge in [-0.05, 0) is 67.1 Å². The summed E-state index contributed by atoms with van der Waals surface area (Å²) in [6.45, 7) is 4.81. The van der Waals surface area contributed by atoms with Gasteiger partial charge in [-0.25, -0.2) is 12.8 Å². The Balaban J connectivity index is 1.49. The van der Waals surface area contributed by atoms with Crippen molar-refractivity contribution >= 4 is 15.7 Å². The largest absolute Gasteiger partial charge is 0.457 e. The fourth-order valence-electron chi connectivity index (χ4n) is 3.88. The average Bonchev–Trinajstić information content (AvgIpc) is 2.73. The van der Waals surface area contributed by atoms with E-state index in [9.17, 15) is 17.6 Å². The monoisotopic (exact) mass is 447 g/mol. The summed E-state index contributed by atoms with van der Waals surface area (Å²) >= 11 is 0. The van der Waals surface area contributed by atoms with E-state index in [1.54, 1.807) is 17.0 Å². The second-order valence-electron chi connectivity index (χ2n) is 8.51. The molecule has 1 saturated heterocycles. The molecule has 1 amide bonds. The lowest BCUT2D eigenvalue weighted by molar-refractivity contribution is -0.132. The van der Waals surface area contributed by atoms with Gasteiger partial charge >= 0.3 is 0 Å². The molecule has 1 heterocycles. The van der Waals surface area contributed by atoms with E-state index >= 15 is 0 Å². The molecular formula is C24H30FNO4S. The number of carbonyl (C=O) groups excluding carboxylic acids is 1. The van der Waals surface area contributed by atoms with Crippen molar-refractivity contribution in [1.82, 2.24) is 4.90 Å². The molecule has 7 heteroatoms. The summed E-state index contributed by atoms with van der Waals surface area (Å²) in [7, 11) is -3.09. The van der Waals surface area contributed by atoms with Gasteiger partial charge in [0.05, 0.1) is 11.0 Å².